The third-order valence-corrected chi connectivity index (χ3v) is 3.95. The lowest BCUT2D eigenvalue weighted by atomic mass is 10.4. The van der Waals surface area contributed by atoms with Gasteiger partial charge in [-0.25, -0.2) is 0 Å². The molecule has 1 unspecified atom stereocenters. The molecular weight excluding hydrogens is 208 g/mol. The summed E-state index contributed by atoms with van der Waals surface area (Å²) >= 11 is 1.06. The predicted octanol–water partition coefficient (Wildman–Crippen LogP) is 1.15. The molecule has 0 amide bonds. The highest BCUT2D eigenvalue weighted by Gasteiger charge is 2.17. The summed E-state index contributed by atoms with van der Waals surface area (Å²) in [5.41, 5.74) is 0.299. The van der Waals surface area contributed by atoms with Crippen LogP contribution in [-0.2, 0) is 10.8 Å². The molecule has 0 aliphatic carbocycles. The van der Waals surface area contributed by atoms with E-state index in [0.717, 1.165) is 11.5 Å². The topological polar surface area (TPSA) is 63.0 Å². The first-order chi connectivity index (χ1) is 6.24. The second kappa shape index (κ2) is 4.35. The molecule has 0 bridgehead atoms. The van der Waals surface area contributed by atoms with E-state index in [2.05, 4.69) is 4.37 Å². The summed E-state index contributed by atoms with van der Waals surface area (Å²) < 4.78 is 20.6. The monoisotopic (exact) mass is 216 g/mol. The van der Waals surface area contributed by atoms with Crippen LogP contribution in [0.4, 0.5) is 0 Å². The van der Waals surface area contributed by atoms with Crippen LogP contribution >= 0.6 is 11.5 Å². The summed E-state index contributed by atoms with van der Waals surface area (Å²) in [5, 5.41) is 8.77. The largest absolute Gasteiger partial charge is 0.479 e. The quantitative estimate of drug-likeness (QED) is 0.760. The third-order valence-electron chi connectivity index (χ3n) is 1.40. The fourth-order valence-electron chi connectivity index (χ4n) is 0.781. The van der Waals surface area contributed by atoms with E-state index in [4.69, 9.17) is 10.00 Å². The minimum atomic E-state index is -1.13. The summed E-state index contributed by atoms with van der Waals surface area (Å²) in [4.78, 5) is 0. The molecule has 4 nitrogen and oxygen atoms in total. The Morgan fingerprint density at radius 1 is 1.77 bits per heavy atom. The normalized spacial score (nSPS) is 12.1. The van der Waals surface area contributed by atoms with Crippen LogP contribution in [0.1, 0.15) is 12.5 Å². The molecule has 0 radical (unpaired) electrons. The summed E-state index contributed by atoms with van der Waals surface area (Å²) in [6, 6.07) is 1.94. The van der Waals surface area contributed by atoms with Crippen LogP contribution in [0.5, 0.6) is 5.88 Å². The van der Waals surface area contributed by atoms with E-state index in [1.165, 1.54) is 7.11 Å². The van der Waals surface area contributed by atoms with Crippen LogP contribution < -0.4 is 4.74 Å². The van der Waals surface area contributed by atoms with Crippen LogP contribution in [0, 0.1) is 11.3 Å². The van der Waals surface area contributed by atoms with Gasteiger partial charge in [-0.05, 0) is 11.5 Å². The molecule has 0 saturated carbocycles. The number of nitrogens with zero attached hydrogens (tertiary/aromatic N) is 2. The number of nitriles is 1. The van der Waals surface area contributed by atoms with Crippen molar-refractivity contribution in [3.05, 3.63) is 5.56 Å². The molecule has 1 aromatic heterocycles. The summed E-state index contributed by atoms with van der Waals surface area (Å²) in [5.74, 6) is 0.754. The zero-order chi connectivity index (χ0) is 9.84. The number of ether oxygens (including phenoxy) is 1. The first-order valence-corrected chi connectivity index (χ1v) is 5.66. The maximum absolute atomic E-state index is 11.4. The maximum Gasteiger partial charge on any atom is 0.244 e. The van der Waals surface area contributed by atoms with Gasteiger partial charge in [-0.15, -0.1) is 0 Å². The van der Waals surface area contributed by atoms with E-state index in [0.29, 0.717) is 15.5 Å². The summed E-state index contributed by atoms with van der Waals surface area (Å²) in [6.45, 7) is 1.80. The molecule has 0 spiro atoms. The smallest absolute Gasteiger partial charge is 0.244 e. The zero-order valence-corrected chi connectivity index (χ0v) is 8.87. The van der Waals surface area contributed by atoms with Crippen molar-refractivity contribution in [3.63, 3.8) is 0 Å². The molecule has 0 N–H and O–H groups in total. The predicted molar refractivity (Wildman–Crippen MR) is 50.3 cm³/mol. The van der Waals surface area contributed by atoms with Gasteiger partial charge in [-0.2, -0.15) is 9.64 Å². The molecule has 0 saturated heterocycles. The zero-order valence-electron chi connectivity index (χ0n) is 7.23. The molecule has 1 heterocycles. The van der Waals surface area contributed by atoms with E-state index < -0.39 is 10.8 Å². The van der Waals surface area contributed by atoms with Crippen LogP contribution in [-0.4, -0.2) is 21.4 Å². The van der Waals surface area contributed by atoms with Crippen LogP contribution in [0.3, 0.4) is 0 Å². The van der Waals surface area contributed by atoms with Crippen LogP contribution in [0.25, 0.3) is 0 Å². The van der Waals surface area contributed by atoms with Crippen molar-refractivity contribution in [2.45, 2.75) is 11.1 Å². The number of hydrogen-bond acceptors (Lipinski definition) is 5. The van der Waals surface area contributed by atoms with E-state index in [1.807, 2.05) is 6.07 Å². The highest BCUT2D eigenvalue weighted by molar-refractivity contribution is 7.87. The number of rotatable bonds is 3. The molecule has 1 rings (SSSR count). The van der Waals surface area contributed by atoms with Crippen molar-refractivity contribution in [2.75, 3.05) is 12.9 Å². The standard InChI is InChI=1S/C7H8N2O2S2/c1-3-13(10)7-5(4-8)6(11-2)9-12-7/h3H2,1-2H3. The molecular formula is C7H8N2O2S2. The highest BCUT2D eigenvalue weighted by atomic mass is 32.2. The van der Waals surface area contributed by atoms with Crippen molar-refractivity contribution < 1.29 is 8.95 Å². The lowest BCUT2D eigenvalue weighted by molar-refractivity contribution is 0.401. The Balaban J connectivity index is 3.17. The van der Waals surface area contributed by atoms with Crippen molar-refractivity contribution in [2.24, 2.45) is 0 Å². The Hall–Kier alpha value is -0.930. The Bertz CT molecular complexity index is 367. The van der Waals surface area contributed by atoms with Gasteiger partial charge in [0.15, 0.2) is 0 Å². The fraction of sp³-hybridized carbons (Fsp3) is 0.429. The van der Waals surface area contributed by atoms with Gasteiger partial charge < -0.3 is 4.74 Å². The third kappa shape index (κ3) is 1.87. The lowest BCUT2D eigenvalue weighted by Crippen LogP contribution is -1.94. The van der Waals surface area contributed by atoms with E-state index in [9.17, 15) is 4.21 Å². The highest BCUT2D eigenvalue weighted by Crippen LogP contribution is 2.27. The first kappa shape index (κ1) is 10.2. The van der Waals surface area contributed by atoms with E-state index in [1.54, 1.807) is 6.92 Å². The van der Waals surface area contributed by atoms with Gasteiger partial charge >= 0.3 is 0 Å². The Morgan fingerprint density at radius 2 is 2.46 bits per heavy atom. The van der Waals surface area contributed by atoms with Gasteiger partial charge in [0.05, 0.1) is 17.9 Å². The lowest BCUT2D eigenvalue weighted by Gasteiger charge is -1.94. The Labute approximate surface area is 82.8 Å². The van der Waals surface area contributed by atoms with Gasteiger partial charge in [0.25, 0.3) is 0 Å². The molecule has 1 aromatic rings. The number of hydrogen-bond donors (Lipinski definition) is 0. The first-order valence-electron chi connectivity index (χ1n) is 3.56. The van der Waals surface area contributed by atoms with Crippen molar-refractivity contribution >= 4 is 22.3 Å². The summed E-state index contributed by atoms with van der Waals surface area (Å²) in [6.07, 6.45) is 0. The minimum Gasteiger partial charge on any atom is -0.479 e. The van der Waals surface area contributed by atoms with Gasteiger partial charge in [0.2, 0.25) is 5.88 Å². The van der Waals surface area contributed by atoms with Gasteiger partial charge in [-0.1, -0.05) is 6.92 Å². The Kier molecular flexibility index (Phi) is 3.39. The SMILES string of the molecule is CCS(=O)c1snc(OC)c1C#N. The van der Waals surface area contributed by atoms with Crippen molar-refractivity contribution in [1.29, 1.82) is 5.26 Å². The molecule has 13 heavy (non-hydrogen) atoms. The second-order valence-electron chi connectivity index (χ2n) is 2.10. The second-order valence-corrected chi connectivity index (χ2v) is 4.81. The van der Waals surface area contributed by atoms with Gasteiger partial charge in [0, 0.05) is 5.75 Å². The molecule has 0 aromatic carbocycles. The average Bonchev–Trinajstić information content (AvgIpc) is 2.58. The molecule has 0 aliphatic heterocycles. The Morgan fingerprint density at radius 3 is 2.92 bits per heavy atom. The minimum absolute atomic E-state index is 0.268. The van der Waals surface area contributed by atoms with Crippen LogP contribution in [0.15, 0.2) is 4.21 Å². The molecule has 6 heteroatoms. The van der Waals surface area contributed by atoms with Crippen molar-refractivity contribution in [1.82, 2.24) is 4.37 Å². The van der Waals surface area contributed by atoms with E-state index >= 15 is 0 Å². The fourth-order valence-corrected chi connectivity index (χ4v) is 2.76. The van der Waals surface area contributed by atoms with Crippen molar-refractivity contribution in [3.8, 4) is 11.9 Å². The molecule has 70 valence electrons. The van der Waals surface area contributed by atoms with Crippen LogP contribution in [0.2, 0.25) is 0 Å². The molecule has 0 fully saturated rings. The van der Waals surface area contributed by atoms with Gasteiger partial charge in [-0.3, -0.25) is 4.21 Å². The molecule has 0 aliphatic rings. The number of aromatic nitrogens is 1. The van der Waals surface area contributed by atoms with Gasteiger partial charge in [0.1, 0.15) is 15.8 Å². The summed E-state index contributed by atoms with van der Waals surface area (Å²) in [7, 11) is 0.310. The van der Waals surface area contributed by atoms with E-state index in [-0.39, 0.29) is 5.88 Å². The maximum atomic E-state index is 11.4. The molecule has 1 atom stereocenters. The average molecular weight is 216 g/mol. The number of methoxy groups -OCH3 is 1.